The predicted octanol–water partition coefficient (Wildman–Crippen LogP) is 4.83. The average molecular weight is 368 g/mol. The summed E-state index contributed by atoms with van der Waals surface area (Å²) in [5.41, 5.74) is 7.69. The van der Waals surface area contributed by atoms with Crippen LogP contribution in [0.5, 0.6) is 5.75 Å². The molecule has 0 aliphatic heterocycles. The highest BCUT2D eigenvalue weighted by Gasteiger charge is 2.11. The number of hydrogen-bond acceptors (Lipinski definition) is 4. The standard InChI is InChI=1S/C22H28N2O3/c1-2-27-21-15-10-7-11-17(21)20(25)14-5-3-4-6-16-22(26)24-19-13-9-8-12-18(19)23/h7-13,15H,2-6,14,16,23H2,1H3,(H,24,26). The number of nitrogens with one attached hydrogen (secondary N) is 1. The molecule has 0 aromatic heterocycles. The van der Waals surface area contributed by atoms with Crippen molar-refractivity contribution in [1.82, 2.24) is 0 Å². The second kappa shape index (κ2) is 11.0. The summed E-state index contributed by atoms with van der Waals surface area (Å²) in [6.07, 6.45) is 4.39. The largest absolute Gasteiger partial charge is 0.493 e. The lowest BCUT2D eigenvalue weighted by Gasteiger charge is -2.09. The number of para-hydroxylation sites is 3. The van der Waals surface area contributed by atoms with E-state index in [1.54, 1.807) is 12.1 Å². The monoisotopic (exact) mass is 368 g/mol. The van der Waals surface area contributed by atoms with Crippen molar-refractivity contribution in [2.75, 3.05) is 17.7 Å². The van der Waals surface area contributed by atoms with Crippen LogP contribution in [-0.2, 0) is 4.79 Å². The Balaban J connectivity index is 1.64. The molecule has 2 aromatic carbocycles. The molecule has 0 saturated heterocycles. The lowest BCUT2D eigenvalue weighted by atomic mass is 10.0. The SMILES string of the molecule is CCOc1ccccc1C(=O)CCCCCCC(=O)Nc1ccccc1N. The van der Waals surface area contributed by atoms with Crippen molar-refractivity contribution in [3.63, 3.8) is 0 Å². The first-order valence-corrected chi connectivity index (χ1v) is 9.51. The van der Waals surface area contributed by atoms with E-state index in [0.717, 1.165) is 25.7 Å². The zero-order valence-corrected chi connectivity index (χ0v) is 15.9. The number of carbonyl (C=O) groups is 2. The molecule has 0 atom stereocenters. The van der Waals surface area contributed by atoms with E-state index < -0.39 is 0 Å². The van der Waals surface area contributed by atoms with Gasteiger partial charge in [-0.3, -0.25) is 9.59 Å². The highest BCUT2D eigenvalue weighted by atomic mass is 16.5. The van der Waals surface area contributed by atoms with E-state index in [4.69, 9.17) is 10.5 Å². The molecule has 0 aliphatic rings. The molecule has 0 radical (unpaired) electrons. The van der Waals surface area contributed by atoms with Crippen LogP contribution in [-0.4, -0.2) is 18.3 Å². The molecule has 0 fully saturated rings. The highest BCUT2D eigenvalue weighted by molar-refractivity contribution is 5.98. The predicted molar refractivity (Wildman–Crippen MR) is 109 cm³/mol. The number of ether oxygens (including phenoxy) is 1. The van der Waals surface area contributed by atoms with E-state index in [1.807, 2.05) is 43.3 Å². The Morgan fingerprint density at radius 2 is 1.59 bits per heavy atom. The molecule has 0 aliphatic carbocycles. The molecule has 2 aromatic rings. The number of nitrogens with two attached hydrogens (primary N) is 1. The molecule has 0 bridgehead atoms. The smallest absolute Gasteiger partial charge is 0.224 e. The fourth-order valence-corrected chi connectivity index (χ4v) is 2.86. The van der Waals surface area contributed by atoms with E-state index in [-0.39, 0.29) is 11.7 Å². The average Bonchev–Trinajstić information content (AvgIpc) is 2.67. The van der Waals surface area contributed by atoms with E-state index in [0.29, 0.717) is 42.1 Å². The van der Waals surface area contributed by atoms with Gasteiger partial charge in [-0.25, -0.2) is 0 Å². The summed E-state index contributed by atoms with van der Waals surface area (Å²) in [7, 11) is 0. The van der Waals surface area contributed by atoms with Crippen LogP contribution >= 0.6 is 0 Å². The number of unbranched alkanes of at least 4 members (excludes halogenated alkanes) is 3. The van der Waals surface area contributed by atoms with Crippen LogP contribution in [0.3, 0.4) is 0 Å². The Bertz CT molecular complexity index is 759. The Hall–Kier alpha value is -2.82. The third kappa shape index (κ3) is 6.77. The number of ketones is 1. The summed E-state index contributed by atoms with van der Waals surface area (Å²) < 4.78 is 5.51. The van der Waals surface area contributed by atoms with Gasteiger partial charge in [0.25, 0.3) is 0 Å². The minimum absolute atomic E-state index is 0.0328. The van der Waals surface area contributed by atoms with Crippen LogP contribution in [0.4, 0.5) is 11.4 Å². The van der Waals surface area contributed by atoms with Crippen molar-refractivity contribution in [1.29, 1.82) is 0 Å². The van der Waals surface area contributed by atoms with Gasteiger partial charge in [-0.15, -0.1) is 0 Å². The first-order chi connectivity index (χ1) is 13.1. The summed E-state index contributed by atoms with van der Waals surface area (Å²) in [6.45, 7) is 2.45. The number of anilines is 2. The van der Waals surface area contributed by atoms with Crippen LogP contribution in [0.1, 0.15) is 55.8 Å². The summed E-state index contributed by atoms with van der Waals surface area (Å²) in [4.78, 5) is 24.3. The normalized spacial score (nSPS) is 10.4. The maximum Gasteiger partial charge on any atom is 0.224 e. The van der Waals surface area contributed by atoms with E-state index in [9.17, 15) is 9.59 Å². The highest BCUT2D eigenvalue weighted by Crippen LogP contribution is 2.21. The van der Waals surface area contributed by atoms with Crippen molar-refractivity contribution in [3.8, 4) is 5.75 Å². The lowest BCUT2D eigenvalue weighted by molar-refractivity contribution is -0.116. The first kappa shape index (κ1) is 20.5. The Kier molecular flexibility index (Phi) is 8.36. The molecule has 1 amide bonds. The number of nitrogen functional groups attached to an aromatic ring is 1. The molecular formula is C22H28N2O3. The van der Waals surface area contributed by atoms with Gasteiger partial charge in [0, 0.05) is 12.8 Å². The van der Waals surface area contributed by atoms with Crippen molar-refractivity contribution >= 4 is 23.1 Å². The van der Waals surface area contributed by atoms with Gasteiger partial charge in [-0.05, 0) is 44.0 Å². The van der Waals surface area contributed by atoms with Crippen LogP contribution < -0.4 is 15.8 Å². The van der Waals surface area contributed by atoms with E-state index in [1.165, 1.54) is 0 Å². The molecule has 144 valence electrons. The summed E-state index contributed by atoms with van der Waals surface area (Å²) in [6, 6.07) is 14.6. The van der Waals surface area contributed by atoms with Crippen LogP contribution in [0.2, 0.25) is 0 Å². The first-order valence-electron chi connectivity index (χ1n) is 9.51. The molecule has 0 unspecified atom stereocenters. The second-order valence-corrected chi connectivity index (χ2v) is 6.40. The summed E-state index contributed by atoms with van der Waals surface area (Å²) >= 11 is 0. The van der Waals surface area contributed by atoms with Crippen LogP contribution in [0, 0.1) is 0 Å². The zero-order chi connectivity index (χ0) is 19.5. The Labute approximate surface area is 160 Å². The van der Waals surface area contributed by atoms with E-state index in [2.05, 4.69) is 5.32 Å². The van der Waals surface area contributed by atoms with Crippen molar-refractivity contribution in [2.24, 2.45) is 0 Å². The van der Waals surface area contributed by atoms with Crippen molar-refractivity contribution < 1.29 is 14.3 Å². The van der Waals surface area contributed by atoms with Gasteiger partial charge in [-0.2, -0.15) is 0 Å². The molecule has 27 heavy (non-hydrogen) atoms. The maximum absolute atomic E-state index is 12.4. The van der Waals surface area contributed by atoms with Crippen LogP contribution in [0.25, 0.3) is 0 Å². The number of hydrogen-bond donors (Lipinski definition) is 2. The number of amides is 1. The third-order valence-corrected chi connectivity index (χ3v) is 4.28. The third-order valence-electron chi connectivity index (χ3n) is 4.28. The van der Waals surface area contributed by atoms with Crippen molar-refractivity contribution in [2.45, 2.75) is 45.4 Å². The Morgan fingerprint density at radius 3 is 2.33 bits per heavy atom. The van der Waals surface area contributed by atoms with Gasteiger partial charge in [0.2, 0.25) is 5.91 Å². The van der Waals surface area contributed by atoms with Gasteiger partial charge in [0.05, 0.1) is 23.5 Å². The number of Topliss-reactive ketones (excluding diaryl/α,β-unsaturated/α-hetero) is 1. The molecule has 5 heteroatoms. The summed E-state index contributed by atoms with van der Waals surface area (Å²) in [5.74, 6) is 0.729. The van der Waals surface area contributed by atoms with Gasteiger partial charge in [0.1, 0.15) is 5.75 Å². The van der Waals surface area contributed by atoms with Gasteiger partial charge >= 0.3 is 0 Å². The second-order valence-electron chi connectivity index (χ2n) is 6.40. The lowest BCUT2D eigenvalue weighted by Crippen LogP contribution is -2.12. The Morgan fingerprint density at radius 1 is 0.926 bits per heavy atom. The minimum atomic E-state index is -0.0328. The minimum Gasteiger partial charge on any atom is -0.493 e. The van der Waals surface area contributed by atoms with Crippen molar-refractivity contribution in [3.05, 3.63) is 54.1 Å². The molecule has 0 spiro atoms. The van der Waals surface area contributed by atoms with Gasteiger partial charge in [-0.1, -0.05) is 37.1 Å². The number of benzene rings is 2. The number of rotatable bonds is 11. The number of carbonyl (C=O) groups excluding carboxylic acids is 2. The molecule has 2 rings (SSSR count). The fourth-order valence-electron chi connectivity index (χ4n) is 2.86. The molecular weight excluding hydrogens is 340 g/mol. The molecule has 0 heterocycles. The zero-order valence-electron chi connectivity index (χ0n) is 15.9. The quantitative estimate of drug-likeness (QED) is 0.338. The van der Waals surface area contributed by atoms with Gasteiger partial charge in [0.15, 0.2) is 5.78 Å². The van der Waals surface area contributed by atoms with E-state index >= 15 is 0 Å². The fraction of sp³-hybridized carbons (Fsp3) is 0.364. The molecule has 5 nitrogen and oxygen atoms in total. The molecule has 0 saturated carbocycles. The van der Waals surface area contributed by atoms with Crippen LogP contribution in [0.15, 0.2) is 48.5 Å². The summed E-state index contributed by atoms with van der Waals surface area (Å²) in [5, 5.41) is 2.83. The molecule has 3 N–H and O–H groups in total. The van der Waals surface area contributed by atoms with Gasteiger partial charge < -0.3 is 15.8 Å². The maximum atomic E-state index is 12.4. The topological polar surface area (TPSA) is 81.4 Å².